The van der Waals surface area contributed by atoms with E-state index in [-0.39, 0.29) is 12.4 Å². The summed E-state index contributed by atoms with van der Waals surface area (Å²) in [6.07, 6.45) is 0.894. The van der Waals surface area contributed by atoms with Gasteiger partial charge >= 0.3 is 0 Å². The summed E-state index contributed by atoms with van der Waals surface area (Å²) >= 11 is 0. The molecule has 3 nitrogen and oxygen atoms in total. The molecule has 17 heavy (non-hydrogen) atoms. The SMILES string of the molecule is CCN(CCO)CCCOc1ccc(F)cc1. The molecular weight excluding hydrogens is 221 g/mol. The molecule has 0 spiro atoms. The minimum atomic E-state index is -0.252. The minimum absolute atomic E-state index is 0.187. The number of aliphatic hydroxyl groups excluding tert-OH is 1. The topological polar surface area (TPSA) is 32.7 Å². The lowest BCUT2D eigenvalue weighted by Crippen LogP contribution is -2.28. The summed E-state index contributed by atoms with van der Waals surface area (Å²) in [4.78, 5) is 2.16. The molecule has 0 atom stereocenters. The second-order valence-corrected chi connectivity index (χ2v) is 3.81. The van der Waals surface area contributed by atoms with Crippen LogP contribution in [0.15, 0.2) is 24.3 Å². The van der Waals surface area contributed by atoms with E-state index in [0.717, 1.165) is 19.5 Å². The maximum atomic E-state index is 12.6. The molecule has 1 aromatic carbocycles. The Labute approximate surface area is 102 Å². The van der Waals surface area contributed by atoms with Crippen molar-refractivity contribution in [2.45, 2.75) is 13.3 Å². The summed E-state index contributed by atoms with van der Waals surface area (Å²) in [7, 11) is 0. The average Bonchev–Trinajstić information content (AvgIpc) is 2.35. The molecule has 0 aromatic heterocycles. The molecule has 96 valence electrons. The predicted octanol–water partition coefficient (Wildman–Crippen LogP) is 1.91. The smallest absolute Gasteiger partial charge is 0.123 e. The number of likely N-dealkylation sites (N-methyl/N-ethyl adjacent to an activating group) is 1. The molecule has 0 aliphatic carbocycles. The number of ether oxygens (including phenoxy) is 1. The van der Waals surface area contributed by atoms with Crippen molar-refractivity contribution in [3.05, 3.63) is 30.1 Å². The lowest BCUT2D eigenvalue weighted by atomic mass is 10.3. The second kappa shape index (κ2) is 8.03. The second-order valence-electron chi connectivity index (χ2n) is 3.81. The molecule has 0 saturated carbocycles. The van der Waals surface area contributed by atoms with Crippen LogP contribution < -0.4 is 4.74 Å². The van der Waals surface area contributed by atoms with Gasteiger partial charge in [0.2, 0.25) is 0 Å². The summed E-state index contributed by atoms with van der Waals surface area (Å²) in [5, 5.41) is 8.82. The Bertz CT molecular complexity index is 303. The van der Waals surface area contributed by atoms with Gasteiger partial charge in [-0.05, 0) is 37.2 Å². The van der Waals surface area contributed by atoms with E-state index in [1.165, 1.54) is 12.1 Å². The number of nitrogens with zero attached hydrogens (tertiary/aromatic N) is 1. The van der Waals surface area contributed by atoms with E-state index in [0.29, 0.717) is 18.9 Å². The summed E-state index contributed by atoms with van der Waals surface area (Å²) in [5.41, 5.74) is 0. The Hall–Kier alpha value is -1.13. The average molecular weight is 241 g/mol. The predicted molar refractivity (Wildman–Crippen MR) is 65.7 cm³/mol. The highest BCUT2D eigenvalue weighted by Crippen LogP contribution is 2.11. The molecule has 0 aliphatic rings. The summed E-state index contributed by atoms with van der Waals surface area (Å²) in [6, 6.07) is 6.03. The zero-order chi connectivity index (χ0) is 12.5. The van der Waals surface area contributed by atoms with Crippen LogP contribution in [0.25, 0.3) is 0 Å². The molecular formula is C13H20FNO2. The van der Waals surface area contributed by atoms with Gasteiger partial charge in [0.1, 0.15) is 11.6 Å². The molecule has 0 bridgehead atoms. The van der Waals surface area contributed by atoms with Crippen LogP contribution in [0.2, 0.25) is 0 Å². The Kier molecular flexibility index (Phi) is 6.58. The first-order valence-electron chi connectivity index (χ1n) is 5.98. The van der Waals surface area contributed by atoms with Gasteiger partial charge in [-0.1, -0.05) is 6.92 Å². The van der Waals surface area contributed by atoms with Crippen LogP contribution in [-0.2, 0) is 0 Å². The molecule has 0 heterocycles. The highest BCUT2D eigenvalue weighted by atomic mass is 19.1. The first kappa shape index (κ1) is 13.9. The van der Waals surface area contributed by atoms with Crippen LogP contribution in [-0.4, -0.2) is 42.9 Å². The molecule has 0 aliphatic heterocycles. The Morgan fingerprint density at radius 2 is 1.94 bits per heavy atom. The third kappa shape index (κ3) is 5.65. The highest BCUT2D eigenvalue weighted by molar-refractivity contribution is 5.21. The van der Waals surface area contributed by atoms with Gasteiger partial charge in [0, 0.05) is 13.1 Å². The molecule has 0 amide bonds. The number of aliphatic hydroxyl groups is 1. The lowest BCUT2D eigenvalue weighted by molar-refractivity contribution is 0.189. The van der Waals surface area contributed by atoms with Crippen LogP contribution in [0.4, 0.5) is 4.39 Å². The zero-order valence-electron chi connectivity index (χ0n) is 10.2. The van der Waals surface area contributed by atoms with Crippen LogP contribution in [0.3, 0.4) is 0 Å². The van der Waals surface area contributed by atoms with Gasteiger partial charge in [0.25, 0.3) is 0 Å². The molecule has 1 aromatic rings. The van der Waals surface area contributed by atoms with Crippen molar-refractivity contribution in [2.75, 3.05) is 32.8 Å². The number of hydrogen-bond donors (Lipinski definition) is 1. The van der Waals surface area contributed by atoms with Gasteiger partial charge in [-0.3, -0.25) is 0 Å². The highest BCUT2D eigenvalue weighted by Gasteiger charge is 2.01. The standard InChI is InChI=1S/C13H20FNO2/c1-2-15(9-10-16)8-3-11-17-13-6-4-12(14)5-7-13/h4-7,16H,2-3,8-11H2,1H3. The van der Waals surface area contributed by atoms with Gasteiger partial charge in [0.15, 0.2) is 0 Å². The fourth-order valence-electron chi connectivity index (χ4n) is 1.58. The molecule has 1 rings (SSSR count). The van der Waals surface area contributed by atoms with Gasteiger partial charge in [-0.25, -0.2) is 4.39 Å². The fraction of sp³-hybridized carbons (Fsp3) is 0.538. The van der Waals surface area contributed by atoms with Crippen molar-refractivity contribution >= 4 is 0 Å². The van der Waals surface area contributed by atoms with Crippen molar-refractivity contribution in [2.24, 2.45) is 0 Å². The summed E-state index contributed by atoms with van der Waals surface area (Å²) < 4.78 is 18.1. The van der Waals surface area contributed by atoms with E-state index in [1.807, 2.05) is 0 Å². The lowest BCUT2D eigenvalue weighted by Gasteiger charge is -2.18. The van der Waals surface area contributed by atoms with Crippen LogP contribution in [0.1, 0.15) is 13.3 Å². The maximum Gasteiger partial charge on any atom is 0.123 e. The van der Waals surface area contributed by atoms with Crippen LogP contribution >= 0.6 is 0 Å². The quantitative estimate of drug-likeness (QED) is 0.706. The monoisotopic (exact) mass is 241 g/mol. The van der Waals surface area contributed by atoms with Crippen molar-refractivity contribution in [3.8, 4) is 5.75 Å². The molecule has 0 fully saturated rings. The Balaban J connectivity index is 2.17. The van der Waals surface area contributed by atoms with E-state index >= 15 is 0 Å². The summed E-state index contributed by atoms with van der Waals surface area (Å²) in [6.45, 7) is 5.39. The first-order valence-corrected chi connectivity index (χ1v) is 5.98. The number of hydrogen-bond acceptors (Lipinski definition) is 3. The molecule has 1 N–H and O–H groups in total. The molecule has 4 heteroatoms. The molecule has 0 unspecified atom stereocenters. The van der Waals surface area contributed by atoms with Crippen molar-refractivity contribution in [3.63, 3.8) is 0 Å². The third-order valence-corrected chi connectivity index (χ3v) is 2.56. The van der Waals surface area contributed by atoms with Gasteiger partial charge in [-0.15, -0.1) is 0 Å². The van der Waals surface area contributed by atoms with Crippen LogP contribution in [0.5, 0.6) is 5.75 Å². The maximum absolute atomic E-state index is 12.6. The molecule has 0 radical (unpaired) electrons. The van der Waals surface area contributed by atoms with E-state index in [9.17, 15) is 4.39 Å². The normalized spacial score (nSPS) is 10.8. The molecule has 0 saturated heterocycles. The van der Waals surface area contributed by atoms with E-state index in [1.54, 1.807) is 12.1 Å². The Morgan fingerprint density at radius 1 is 1.24 bits per heavy atom. The van der Waals surface area contributed by atoms with Gasteiger partial charge in [0.05, 0.1) is 13.2 Å². The number of rotatable bonds is 8. The van der Waals surface area contributed by atoms with Crippen molar-refractivity contribution < 1.29 is 14.2 Å². The fourth-order valence-corrected chi connectivity index (χ4v) is 1.58. The first-order chi connectivity index (χ1) is 8.26. The van der Waals surface area contributed by atoms with Crippen LogP contribution in [0, 0.1) is 5.82 Å². The summed E-state index contributed by atoms with van der Waals surface area (Å²) in [5.74, 6) is 0.439. The van der Waals surface area contributed by atoms with Gasteiger partial charge in [-0.2, -0.15) is 0 Å². The number of halogens is 1. The van der Waals surface area contributed by atoms with E-state index in [4.69, 9.17) is 9.84 Å². The van der Waals surface area contributed by atoms with Gasteiger partial charge < -0.3 is 14.7 Å². The largest absolute Gasteiger partial charge is 0.494 e. The minimum Gasteiger partial charge on any atom is -0.494 e. The van der Waals surface area contributed by atoms with E-state index < -0.39 is 0 Å². The van der Waals surface area contributed by atoms with Crippen molar-refractivity contribution in [1.82, 2.24) is 4.90 Å². The number of benzene rings is 1. The third-order valence-electron chi connectivity index (χ3n) is 2.56. The zero-order valence-corrected chi connectivity index (χ0v) is 10.2. The Morgan fingerprint density at radius 3 is 2.53 bits per heavy atom. The van der Waals surface area contributed by atoms with Crippen molar-refractivity contribution in [1.29, 1.82) is 0 Å². The van der Waals surface area contributed by atoms with E-state index in [2.05, 4.69) is 11.8 Å².